The molecule has 0 amide bonds. The quantitative estimate of drug-likeness (QED) is 0.704. The van der Waals surface area contributed by atoms with Gasteiger partial charge in [-0.25, -0.2) is 0 Å². The number of nitrogens with zero attached hydrogens (tertiary/aromatic N) is 1. The monoisotopic (exact) mass is 195 g/mol. The Morgan fingerprint density at radius 1 is 1.54 bits per heavy atom. The Hall–Kier alpha value is -1.16. The highest BCUT2D eigenvalue weighted by atomic mass is 32.1. The van der Waals surface area contributed by atoms with Crippen LogP contribution in [0.5, 0.6) is 0 Å². The summed E-state index contributed by atoms with van der Waals surface area (Å²) in [5.41, 5.74) is 2.04. The van der Waals surface area contributed by atoms with E-state index in [1.54, 1.807) is 6.20 Å². The SMILES string of the molecule is CCNC(=S)Nc1cncc(C)c1. The van der Waals surface area contributed by atoms with Gasteiger partial charge in [-0.05, 0) is 37.7 Å². The highest BCUT2D eigenvalue weighted by molar-refractivity contribution is 7.80. The maximum atomic E-state index is 5.03. The van der Waals surface area contributed by atoms with Gasteiger partial charge in [-0.2, -0.15) is 0 Å². The second kappa shape index (κ2) is 4.77. The number of nitrogens with one attached hydrogen (secondary N) is 2. The number of aryl methyl sites for hydroxylation is 1. The van der Waals surface area contributed by atoms with Crippen molar-refractivity contribution in [1.29, 1.82) is 0 Å². The fourth-order valence-corrected chi connectivity index (χ4v) is 1.22. The Labute approximate surface area is 83.6 Å². The minimum Gasteiger partial charge on any atom is -0.363 e. The summed E-state index contributed by atoms with van der Waals surface area (Å²) in [7, 11) is 0. The second-order valence-corrected chi connectivity index (χ2v) is 3.14. The van der Waals surface area contributed by atoms with E-state index >= 15 is 0 Å². The van der Waals surface area contributed by atoms with Crippen molar-refractivity contribution in [3.05, 3.63) is 24.0 Å². The molecule has 4 heteroatoms. The molecule has 0 aliphatic carbocycles. The molecule has 13 heavy (non-hydrogen) atoms. The predicted molar refractivity (Wildman–Crippen MR) is 58.9 cm³/mol. The minimum absolute atomic E-state index is 0.634. The van der Waals surface area contributed by atoms with Crippen LogP contribution in [0.4, 0.5) is 5.69 Å². The average molecular weight is 195 g/mol. The molecule has 1 aromatic heterocycles. The van der Waals surface area contributed by atoms with Crippen molar-refractivity contribution in [2.45, 2.75) is 13.8 Å². The summed E-state index contributed by atoms with van der Waals surface area (Å²) < 4.78 is 0. The second-order valence-electron chi connectivity index (χ2n) is 2.74. The lowest BCUT2D eigenvalue weighted by Gasteiger charge is -2.08. The summed E-state index contributed by atoms with van der Waals surface area (Å²) in [6.07, 6.45) is 3.55. The molecule has 0 unspecified atom stereocenters. The molecule has 0 saturated heterocycles. The Balaban J connectivity index is 2.58. The van der Waals surface area contributed by atoms with Gasteiger partial charge >= 0.3 is 0 Å². The maximum absolute atomic E-state index is 5.03. The molecule has 3 nitrogen and oxygen atoms in total. The molecule has 0 radical (unpaired) electrons. The van der Waals surface area contributed by atoms with E-state index in [0.29, 0.717) is 5.11 Å². The van der Waals surface area contributed by atoms with Crippen molar-refractivity contribution in [2.24, 2.45) is 0 Å². The van der Waals surface area contributed by atoms with E-state index in [2.05, 4.69) is 15.6 Å². The zero-order valence-corrected chi connectivity index (χ0v) is 8.61. The highest BCUT2D eigenvalue weighted by Crippen LogP contribution is 2.06. The highest BCUT2D eigenvalue weighted by Gasteiger charge is 1.95. The summed E-state index contributed by atoms with van der Waals surface area (Å²) in [4.78, 5) is 4.05. The lowest BCUT2D eigenvalue weighted by atomic mass is 10.3. The van der Waals surface area contributed by atoms with Gasteiger partial charge in [0.15, 0.2) is 5.11 Å². The first-order chi connectivity index (χ1) is 6.22. The topological polar surface area (TPSA) is 37.0 Å². The third-order valence-corrected chi connectivity index (χ3v) is 1.72. The van der Waals surface area contributed by atoms with Crippen LogP contribution in [0.15, 0.2) is 18.5 Å². The number of aromatic nitrogens is 1. The first kappa shape index (κ1) is 9.92. The van der Waals surface area contributed by atoms with Crippen LogP contribution >= 0.6 is 12.2 Å². The molecule has 70 valence electrons. The van der Waals surface area contributed by atoms with E-state index in [0.717, 1.165) is 17.8 Å². The molecule has 0 fully saturated rings. The van der Waals surface area contributed by atoms with Crippen molar-refractivity contribution in [3.8, 4) is 0 Å². The van der Waals surface area contributed by atoms with Gasteiger partial charge in [0.1, 0.15) is 0 Å². The van der Waals surface area contributed by atoms with Gasteiger partial charge in [0.2, 0.25) is 0 Å². The molecular formula is C9H13N3S. The first-order valence-electron chi connectivity index (χ1n) is 4.19. The molecule has 0 saturated carbocycles. The van der Waals surface area contributed by atoms with Crippen molar-refractivity contribution in [2.75, 3.05) is 11.9 Å². The molecule has 2 N–H and O–H groups in total. The number of rotatable bonds is 2. The molecule has 0 bridgehead atoms. The van der Waals surface area contributed by atoms with Gasteiger partial charge in [-0.15, -0.1) is 0 Å². The van der Waals surface area contributed by atoms with E-state index in [1.807, 2.05) is 26.1 Å². The fourth-order valence-electron chi connectivity index (χ4n) is 0.959. The molecule has 0 spiro atoms. The van der Waals surface area contributed by atoms with Gasteiger partial charge in [0.25, 0.3) is 0 Å². The Kier molecular flexibility index (Phi) is 3.64. The molecule has 1 rings (SSSR count). The standard InChI is InChI=1S/C9H13N3S/c1-3-11-9(13)12-8-4-7(2)5-10-6-8/h4-6H,3H2,1-2H3,(H2,11,12,13). The fraction of sp³-hybridized carbons (Fsp3) is 0.333. The third kappa shape index (κ3) is 3.38. The molecule has 0 aromatic carbocycles. The van der Waals surface area contributed by atoms with Crippen LogP contribution in [0, 0.1) is 6.92 Å². The van der Waals surface area contributed by atoms with Crippen LogP contribution in [0.2, 0.25) is 0 Å². The summed E-state index contributed by atoms with van der Waals surface area (Å²) in [5, 5.41) is 6.68. The summed E-state index contributed by atoms with van der Waals surface area (Å²) in [6.45, 7) is 4.82. The van der Waals surface area contributed by atoms with E-state index < -0.39 is 0 Å². The Bertz CT molecular complexity index is 299. The van der Waals surface area contributed by atoms with Gasteiger partial charge in [0, 0.05) is 12.7 Å². The average Bonchev–Trinajstić information content (AvgIpc) is 2.04. The lowest BCUT2D eigenvalue weighted by molar-refractivity contribution is 0.979. The molecule has 0 aliphatic heterocycles. The van der Waals surface area contributed by atoms with E-state index in [1.165, 1.54) is 0 Å². The van der Waals surface area contributed by atoms with Crippen molar-refractivity contribution < 1.29 is 0 Å². The summed E-state index contributed by atoms with van der Waals surface area (Å²) in [5.74, 6) is 0. The summed E-state index contributed by atoms with van der Waals surface area (Å²) >= 11 is 5.03. The van der Waals surface area contributed by atoms with Crippen molar-refractivity contribution in [1.82, 2.24) is 10.3 Å². The molecule has 0 aliphatic rings. The van der Waals surface area contributed by atoms with Crippen LogP contribution in [0.1, 0.15) is 12.5 Å². The Morgan fingerprint density at radius 3 is 2.92 bits per heavy atom. The van der Waals surface area contributed by atoms with Gasteiger partial charge in [-0.1, -0.05) is 0 Å². The maximum Gasteiger partial charge on any atom is 0.170 e. The van der Waals surface area contributed by atoms with Crippen LogP contribution in [-0.2, 0) is 0 Å². The van der Waals surface area contributed by atoms with Crippen LogP contribution < -0.4 is 10.6 Å². The minimum atomic E-state index is 0.634. The first-order valence-corrected chi connectivity index (χ1v) is 4.59. The van der Waals surface area contributed by atoms with Gasteiger partial charge in [-0.3, -0.25) is 4.98 Å². The van der Waals surface area contributed by atoms with E-state index in [4.69, 9.17) is 12.2 Å². The van der Waals surface area contributed by atoms with Crippen molar-refractivity contribution in [3.63, 3.8) is 0 Å². The Morgan fingerprint density at radius 2 is 2.31 bits per heavy atom. The molecule has 1 aromatic rings. The smallest absolute Gasteiger partial charge is 0.170 e. The largest absolute Gasteiger partial charge is 0.363 e. The van der Waals surface area contributed by atoms with Crippen molar-refractivity contribution >= 4 is 23.0 Å². The zero-order valence-electron chi connectivity index (χ0n) is 7.79. The normalized spacial score (nSPS) is 9.38. The van der Waals surface area contributed by atoms with Gasteiger partial charge in [0.05, 0.1) is 11.9 Å². The van der Waals surface area contributed by atoms with Crippen LogP contribution in [0.25, 0.3) is 0 Å². The number of hydrogen-bond donors (Lipinski definition) is 2. The molecule has 1 heterocycles. The number of pyridine rings is 1. The molecule has 0 atom stereocenters. The molecular weight excluding hydrogens is 182 g/mol. The number of hydrogen-bond acceptors (Lipinski definition) is 2. The van der Waals surface area contributed by atoms with Crippen LogP contribution in [-0.4, -0.2) is 16.6 Å². The zero-order chi connectivity index (χ0) is 9.68. The lowest BCUT2D eigenvalue weighted by Crippen LogP contribution is -2.27. The third-order valence-electron chi connectivity index (χ3n) is 1.47. The van der Waals surface area contributed by atoms with Gasteiger partial charge < -0.3 is 10.6 Å². The van der Waals surface area contributed by atoms with E-state index in [-0.39, 0.29) is 0 Å². The number of anilines is 1. The summed E-state index contributed by atoms with van der Waals surface area (Å²) in [6, 6.07) is 2.00. The van der Waals surface area contributed by atoms with E-state index in [9.17, 15) is 0 Å². The number of thiocarbonyl (C=S) groups is 1. The predicted octanol–water partition coefficient (Wildman–Crippen LogP) is 1.70. The van der Waals surface area contributed by atoms with Crippen LogP contribution in [0.3, 0.4) is 0 Å².